The largest absolute Gasteiger partial charge is 0.368 e. The van der Waals surface area contributed by atoms with Crippen molar-refractivity contribution in [3.05, 3.63) is 28.2 Å². The lowest BCUT2D eigenvalue weighted by Crippen LogP contribution is -2.26. The summed E-state index contributed by atoms with van der Waals surface area (Å²) < 4.78 is 0. The summed E-state index contributed by atoms with van der Waals surface area (Å²) in [5.41, 5.74) is 6.75. The number of halogens is 2. The quantitative estimate of drug-likeness (QED) is 0.804. The smallest absolute Gasteiger partial charge is 0.0745 e. The van der Waals surface area contributed by atoms with Crippen LogP contribution in [-0.2, 0) is 0 Å². The van der Waals surface area contributed by atoms with E-state index < -0.39 is 0 Å². The zero-order chi connectivity index (χ0) is 10.1. The van der Waals surface area contributed by atoms with Crippen LogP contribution in [0.2, 0.25) is 10.0 Å². The van der Waals surface area contributed by atoms with E-state index in [1.165, 1.54) is 0 Å². The third kappa shape index (κ3) is 1.83. The van der Waals surface area contributed by atoms with E-state index in [1.807, 2.05) is 18.2 Å². The van der Waals surface area contributed by atoms with Gasteiger partial charge in [0, 0.05) is 19.1 Å². The van der Waals surface area contributed by atoms with Crippen LogP contribution in [0.5, 0.6) is 0 Å². The lowest BCUT2D eigenvalue weighted by Gasteiger charge is -2.20. The number of hydrogen-bond acceptors (Lipinski definition) is 2. The molecule has 0 amide bonds. The molecular weight excluding hydrogens is 219 g/mol. The van der Waals surface area contributed by atoms with Gasteiger partial charge in [-0.05, 0) is 18.6 Å². The molecule has 1 atom stereocenters. The molecule has 1 aliphatic rings. The second kappa shape index (κ2) is 3.97. The molecule has 2 N–H and O–H groups in total. The van der Waals surface area contributed by atoms with Gasteiger partial charge in [0.1, 0.15) is 0 Å². The number of hydrogen-bond donors (Lipinski definition) is 1. The van der Waals surface area contributed by atoms with Crippen LogP contribution in [0.1, 0.15) is 6.42 Å². The van der Waals surface area contributed by atoms with Crippen molar-refractivity contribution in [3.8, 4) is 0 Å². The maximum absolute atomic E-state index is 6.09. The predicted octanol–water partition coefficient (Wildman–Crippen LogP) is 2.53. The number of para-hydroxylation sites is 1. The number of anilines is 1. The van der Waals surface area contributed by atoms with Crippen molar-refractivity contribution in [2.24, 2.45) is 5.73 Å². The first-order chi connectivity index (χ1) is 6.68. The Morgan fingerprint density at radius 1 is 1.29 bits per heavy atom. The van der Waals surface area contributed by atoms with Crippen LogP contribution in [0, 0.1) is 0 Å². The van der Waals surface area contributed by atoms with Gasteiger partial charge in [0.15, 0.2) is 0 Å². The van der Waals surface area contributed by atoms with Crippen molar-refractivity contribution in [2.45, 2.75) is 12.5 Å². The van der Waals surface area contributed by atoms with Crippen molar-refractivity contribution in [1.82, 2.24) is 0 Å². The van der Waals surface area contributed by atoms with Gasteiger partial charge < -0.3 is 10.6 Å². The molecule has 1 aliphatic heterocycles. The molecule has 2 nitrogen and oxygen atoms in total. The van der Waals surface area contributed by atoms with E-state index in [9.17, 15) is 0 Å². The molecule has 0 bridgehead atoms. The highest BCUT2D eigenvalue weighted by atomic mass is 35.5. The Kier molecular flexibility index (Phi) is 2.86. The van der Waals surface area contributed by atoms with E-state index in [-0.39, 0.29) is 6.04 Å². The Morgan fingerprint density at radius 3 is 2.43 bits per heavy atom. The fourth-order valence-electron chi connectivity index (χ4n) is 1.78. The van der Waals surface area contributed by atoms with E-state index in [1.54, 1.807) is 0 Å². The third-order valence-electron chi connectivity index (χ3n) is 2.48. The van der Waals surface area contributed by atoms with E-state index >= 15 is 0 Å². The molecule has 1 unspecified atom stereocenters. The van der Waals surface area contributed by atoms with Crippen LogP contribution in [0.15, 0.2) is 18.2 Å². The van der Waals surface area contributed by atoms with Crippen LogP contribution in [0.25, 0.3) is 0 Å². The average molecular weight is 231 g/mol. The van der Waals surface area contributed by atoms with E-state index in [0.29, 0.717) is 10.0 Å². The van der Waals surface area contributed by atoms with E-state index in [2.05, 4.69) is 4.90 Å². The number of nitrogens with zero attached hydrogens (tertiary/aromatic N) is 1. The van der Waals surface area contributed by atoms with Crippen molar-refractivity contribution < 1.29 is 0 Å². The molecule has 14 heavy (non-hydrogen) atoms. The molecule has 2 rings (SSSR count). The number of rotatable bonds is 1. The molecule has 1 heterocycles. The maximum Gasteiger partial charge on any atom is 0.0745 e. The number of benzene rings is 1. The number of nitrogens with two attached hydrogens (primary N) is 1. The van der Waals surface area contributed by atoms with Gasteiger partial charge in [-0.2, -0.15) is 0 Å². The van der Waals surface area contributed by atoms with Crippen molar-refractivity contribution in [1.29, 1.82) is 0 Å². The summed E-state index contributed by atoms with van der Waals surface area (Å²) in [6, 6.07) is 5.80. The fourth-order valence-corrected chi connectivity index (χ4v) is 2.42. The van der Waals surface area contributed by atoms with Gasteiger partial charge in [0.2, 0.25) is 0 Å². The highest BCUT2D eigenvalue weighted by Crippen LogP contribution is 2.35. The molecule has 1 aromatic carbocycles. The Hall–Kier alpha value is -0.440. The summed E-state index contributed by atoms with van der Waals surface area (Å²) >= 11 is 12.2. The molecule has 0 aliphatic carbocycles. The van der Waals surface area contributed by atoms with E-state index in [4.69, 9.17) is 28.9 Å². The van der Waals surface area contributed by atoms with Gasteiger partial charge >= 0.3 is 0 Å². The Bertz CT molecular complexity index is 321. The average Bonchev–Trinajstić information content (AvgIpc) is 2.51. The highest BCUT2D eigenvalue weighted by Gasteiger charge is 2.22. The SMILES string of the molecule is NC1CCN(c2c(Cl)cccc2Cl)C1. The normalized spacial score (nSPS) is 21.6. The molecule has 0 aromatic heterocycles. The van der Waals surface area contributed by atoms with Gasteiger partial charge in [0.25, 0.3) is 0 Å². The van der Waals surface area contributed by atoms with Crippen molar-refractivity contribution in [2.75, 3.05) is 18.0 Å². The summed E-state index contributed by atoms with van der Waals surface area (Å²) in [5, 5.41) is 1.40. The second-order valence-electron chi connectivity index (χ2n) is 3.57. The fraction of sp³-hybridized carbons (Fsp3) is 0.400. The molecule has 1 saturated heterocycles. The molecule has 76 valence electrons. The zero-order valence-electron chi connectivity index (χ0n) is 7.71. The van der Waals surface area contributed by atoms with Crippen LogP contribution >= 0.6 is 23.2 Å². The lowest BCUT2D eigenvalue weighted by atomic mass is 10.3. The third-order valence-corrected chi connectivity index (χ3v) is 3.09. The van der Waals surface area contributed by atoms with Crippen LogP contribution in [-0.4, -0.2) is 19.1 Å². The van der Waals surface area contributed by atoms with Crippen molar-refractivity contribution in [3.63, 3.8) is 0 Å². The van der Waals surface area contributed by atoms with Crippen LogP contribution in [0.3, 0.4) is 0 Å². The summed E-state index contributed by atoms with van der Waals surface area (Å²) in [4.78, 5) is 2.15. The minimum absolute atomic E-state index is 0.238. The lowest BCUT2D eigenvalue weighted by molar-refractivity contribution is 0.752. The second-order valence-corrected chi connectivity index (χ2v) is 4.38. The summed E-state index contributed by atoms with van der Waals surface area (Å²) in [6.07, 6.45) is 1.00. The first-order valence-corrected chi connectivity index (χ1v) is 5.38. The maximum atomic E-state index is 6.09. The van der Waals surface area contributed by atoms with Crippen LogP contribution in [0.4, 0.5) is 5.69 Å². The molecule has 0 spiro atoms. The Morgan fingerprint density at radius 2 is 1.93 bits per heavy atom. The van der Waals surface area contributed by atoms with Crippen LogP contribution < -0.4 is 10.6 Å². The van der Waals surface area contributed by atoms with Gasteiger partial charge in [-0.1, -0.05) is 29.3 Å². The first-order valence-electron chi connectivity index (χ1n) is 4.63. The summed E-state index contributed by atoms with van der Waals surface area (Å²) in [5.74, 6) is 0. The van der Waals surface area contributed by atoms with Gasteiger partial charge in [0.05, 0.1) is 15.7 Å². The minimum Gasteiger partial charge on any atom is -0.368 e. The van der Waals surface area contributed by atoms with Crippen molar-refractivity contribution >= 4 is 28.9 Å². The molecule has 4 heteroatoms. The summed E-state index contributed by atoms with van der Waals surface area (Å²) in [6.45, 7) is 1.77. The monoisotopic (exact) mass is 230 g/mol. The van der Waals surface area contributed by atoms with Gasteiger partial charge in [-0.3, -0.25) is 0 Å². The standard InChI is InChI=1S/C10H12Cl2N2/c11-8-2-1-3-9(12)10(8)14-5-4-7(13)6-14/h1-3,7H,4-6,13H2. The topological polar surface area (TPSA) is 29.3 Å². The molecule has 1 aromatic rings. The summed E-state index contributed by atoms with van der Waals surface area (Å²) in [7, 11) is 0. The molecular formula is C10H12Cl2N2. The van der Waals surface area contributed by atoms with Gasteiger partial charge in [-0.15, -0.1) is 0 Å². The molecule has 0 saturated carbocycles. The Balaban J connectivity index is 2.31. The Labute approximate surface area is 93.6 Å². The highest BCUT2D eigenvalue weighted by molar-refractivity contribution is 6.39. The minimum atomic E-state index is 0.238. The zero-order valence-corrected chi connectivity index (χ0v) is 9.22. The first kappa shape index (κ1) is 10.1. The predicted molar refractivity (Wildman–Crippen MR) is 61.3 cm³/mol. The molecule has 1 fully saturated rings. The van der Waals surface area contributed by atoms with E-state index in [0.717, 1.165) is 25.2 Å². The molecule has 0 radical (unpaired) electrons. The van der Waals surface area contributed by atoms with Gasteiger partial charge in [-0.25, -0.2) is 0 Å².